The van der Waals surface area contributed by atoms with Gasteiger partial charge in [-0.15, -0.1) is 22.7 Å². The number of Topliss-reactive ketones (excluding diaryl/α,β-unsaturated/α-hetero) is 1. The van der Waals surface area contributed by atoms with Gasteiger partial charge in [0.15, 0.2) is 10.9 Å². The van der Waals surface area contributed by atoms with E-state index in [1.807, 2.05) is 17.5 Å². The Morgan fingerprint density at radius 3 is 2.78 bits per heavy atom. The molecular weight excluding hydrogens is 334 g/mol. The van der Waals surface area contributed by atoms with Crippen LogP contribution in [0.5, 0.6) is 0 Å². The van der Waals surface area contributed by atoms with Crippen molar-refractivity contribution in [2.45, 2.75) is 20.3 Å². The number of nitrogens with zero attached hydrogens (tertiary/aromatic N) is 2. The first-order valence-corrected chi connectivity index (χ1v) is 8.55. The number of oxazole rings is 1. The first-order chi connectivity index (χ1) is 11.0. The molecule has 3 rings (SSSR count). The summed E-state index contributed by atoms with van der Waals surface area (Å²) in [6.45, 7) is 3.22. The molecule has 0 aliphatic carbocycles. The molecule has 0 aromatic carbocycles. The molecule has 23 heavy (non-hydrogen) atoms. The number of thiophene rings is 1. The third kappa shape index (κ3) is 3.54. The Balaban J connectivity index is 1.69. The lowest BCUT2D eigenvalue weighted by Gasteiger charge is -1.99. The van der Waals surface area contributed by atoms with E-state index in [1.54, 1.807) is 12.3 Å². The van der Waals surface area contributed by atoms with E-state index in [4.69, 9.17) is 4.42 Å². The highest BCUT2D eigenvalue weighted by Gasteiger charge is 2.16. The lowest BCUT2D eigenvalue weighted by atomic mass is 10.2. The molecule has 118 valence electrons. The Hall–Kier alpha value is -2.32. The van der Waals surface area contributed by atoms with E-state index in [9.17, 15) is 9.59 Å². The maximum absolute atomic E-state index is 12.1. The maximum atomic E-state index is 12.1. The van der Waals surface area contributed by atoms with E-state index in [0.717, 1.165) is 4.88 Å². The Labute approximate surface area is 140 Å². The van der Waals surface area contributed by atoms with Gasteiger partial charge in [0.2, 0.25) is 11.8 Å². The van der Waals surface area contributed by atoms with Gasteiger partial charge < -0.3 is 9.73 Å². The number of aryl methyl sites for hydroxylation is 1. The first-order valence-electron chi connectivity index (χ1n) is 6.79. The number of carbonyl (C=O) groups excluding carboxylic acids is 2. The number of aromatic nitrogens is 2. The van der Waals surface area contributed by atoms with Crippen LogP contribution in [0, 0.1) is 6.92 Å². The van der Waals surface area contributed by atoms with Gasteiger partial charge in [-0.2, -0.15) is 0 Å². The molecule has 0 aliphatic rings. The Bertz CT molecular complexity index is 849. The van der Waals surface area contributed by atoms with Crippen LogP contribution in [-0.4, -0.2) is 21.7 Å². The highest BCUT2D eigenvalue weighted by atomic mass is 32.1. The van der Waals surface area contributed by atoms with E-state index < -0.39 is 0 Å². The largest absolute Gasteiger partial charge is 0.440 e. The zero-order chi connectivity index (χ0) is 16.4. The van der Waals surface area contributed by atoms with E-state index in [2.05, 4.69) is 15.3 Å². The molecule has 0 radical (unpaired) electrons. The van der Waals surface area contributed by atoms with Gasteiger partial charge in [-0.3, -0.25) is 9.59 Å². The molecule has 8 heteroatoms. The molecule has 3 heterocycles. The van der Waals surface area contributed by atoms with Crippen molar-refractivity contribution in [1.82, 2.24) is 9.97 Å². The van der Waals surface area contributed by atoms with Crippen molar-refractivity contribution in [2.24, 2.45) is 0 Å². The van der Waals surface area contributed by atoms with Crippen molar-refractivity contribution in [3.05, 3.63) is 40.0 Å². The van der Waals surface area contributed by atoms with Crippen LogP contribution in [-0.2, 0) is 11.2 Å². The monoisotopic (exact) mass is 347 g/mol. The summed E-state index contributed by atoms with van der Waals surface area (Å²) < 4.78 is 5.61. The normalized spacial score (nSPS) is 10.7. The van der Waals surface area contributed by atoms with Crippen LogP contribution in [0.2, 0.25) is 0 Å². The number of thiazole rings is 1. The molecule has 1 amide bonds. The standard InChI is InChI=1S/C15H13N3O3S2/c1-8(19)11-7-23-15(17-11)18-13(20)6-10-9(2)21-14(16-10)12-4-3-5-22-12/h3-5,7H,6H2,1-2H3,(H,17,18,20). The van der Waals surface area contributed by atoms with Gasteiger partial charge in [-0.05, 0) is 18.4 Å². The summed E-state index contributed by atoms with van der Waals surface area (Å²) in [6.07, 6.45) is 0.0929. The third-order valence-electron chi connectivity index (χ3n) is 3.06. The number of hydrogen-bond acceptors (Lipinski definition) is 7. The van der Waals surface area contributed by atoms with Crippen LogP contribution >= 0.6 is 22.7 Å². The zero-order valence-electron chi connectivity index (χ0n) is 12.5. The number of amides is 1. The average Bonchev–Trinajstić information content (AvgIpc) is 3.20. The molecule has 0 spiro atoms. The van der Waals surface area contributed by atoms with E-state index in [1.165, 1.54) is 29.6 Å². The van der Waals surface area contributed by atoms with Gasteiger partial charge >= 0.3 is 0 Å². The summed E-state index contributed by atoms with van der Waals surface area (Å²) in [7, 11) is 0. The lowest BCUT2D eigenvalue weighted by Crippen LogP contribution is -2.15. The number of rotatable bonds is 5. The lowest BCUT2D eigenvalue weighted by molar-refractivity contribution is -0.115. The molecule has 0 saturated carbocycles. The van der Waals surface area contributed by atoms with Gasteiger partial charge in [-0.25, -0.2) is 9.97 Å². The SMILES string of the molecule is CC(=O)c1csc(NC(=O)Cc2nc(-c3cccs3)oc2C)n1. The molecule has 0 atom stereocenters. The van der Waals surface area contributed by atoms with Crippen LogP contribution < -0.4 is 5.32 Å². The molecule has 3 aromatic heterocycles. The predicted octanol–water partition coefficient (Wildman–Crippen LogP) is 3.55. The quantitative estimate of drug-likeness (QED) is 0.713. The van der Waals surface area contributed by atoms with Gasteiger partial charge in [0, 0.05) is 12.3 Å². The van der Waals surface area contributed by atoms with Crippen molar-refractivity contribution in [2.75, 3.05) is 5.32 Å². The molecule has 0 bridgehead atoms. The van der Waals surface area contributed by atoms with Crippen LogP contribution in [0.3, 0.4) is 0 Å². The Kier molecular flexibility index (Phi) is 4.35. The topological polar surface area (TPSA) is 85.1 Å². The number of ketones is 1. The summed E-state index contributed by atoms with van der Waals surface area (Å²) in [5.74, 6) is 0.763. The minimum absolute atomic E-state index is 0.0929. The first kappa shape index (κ1) is 15.6. The number of nitrogens with one attached hydrogen (secondary N) is 1. The molecule has 1 N–H and O–H groups in total. The van der Waals surface area contributed by atoms with Gasteiger partial charge in [-0.1, -0.05) is 6.07 Å². The van der Waals surface area contributed by atoms with Crippen molar-refractivity contribution in [3.8, 4) is 10.8 Å². The fraction of sp³-hybridized carbons (Fsp3) is 0.200. The minimum Gasteiger partial charge on any atom is -0.440 e. The van der Waals surface area contributed by atoms with E-state index in [0.29, 0.717) is 28.2 Å². The second kappa shape index (κ2) is 6.43. The van der Waals surface area contributed by atoms with Crippen molar-refractivity contribution < 1.29 is 14.0 Å². The fourth-order valence-electron chi connectivity index (χ4n) is 1.91. The predicted molar refractivity (Wildman–Crippen MR) is 89.0 cm³/mol. The number of anilines is 1. The molecular formula is C15H13N3O3S2. The van der Waals surface area contributed by atoms with Crippen molar-refractivity contribution in [3.63, 3.8) is 0 Å². The second-order valence-corrected chi connectivity index (χ2v) is 6.62. The molecule has 0 fully saturated rings. The Morgan fingerprint density at radius 2 is 2.13 bits per heavy atom. The number of carbonyl (C=O) groups is 2. The zero-order valence-corrected chi connectivity index (χ0v) is 14.1. The van der Waals surface area contributed by atoms with Gasteiger partial charge in [0.1, 0.15) is 11.5 Å². The molecule has 0 unspecified atom stereocenters. The molecule has 6 nitrogen and oxygen atoms in total. The summed E-state index contributed by atoms with van der Waals surface area (Å²) in [5.41, 5.74) is 0.942. The molecule has 3 aromatic rings. The van der Waals surface area contributed by atoms with Crippen LogP contribution in [0.25, 0.3) is 10.8 Å². The molecule has 0 aliphatic heterocycles. The van der Waals surface area contributed by atoms with Crippen molar-refractivity contribution >= 4 is 39.5 Å². The van der Waals surface area contributed by atoms with Crippen LogP contribution in [0.1, 0.15) is 28.9 Å². The van der Waals surface area contributed by atoms with Crippen molar-refractivity contribution in [1.29, 1.82) is 0 Å². The third-order valence-corrected chi connectivity index (χ3v) is 4.68. The summed E-state index contributed by atoms with van der Waals surface area (Å²) in [4.78, 5) is 32.7. The van der Waals surface area contributed by atoms with Crippen LogP contribution in [0.15, 0.2) is 27.3 Å². The highest BCUT2D eigenvalue weighted by Crippen LogP contribution is 2.26. The van der Waals surface area contributed by atoms with Gasteiger partial charge in [0.25, 0.3) is 0 Å². The Morgan fingerprint density at radius 1 is 1.30 bits per heavy atom. The summed E-state index contributed by atoms with van der Waals surface area (Å²) in [6, 6.07) is 3.83. The second-order valence-electron chi connectivity index (χ2n) is 4.82. The fourth-order valence-corrected chi connectivity index (χ4v) is 3.32. The number of hydrogen-bond donors (Lipinski definition) is 1. The van der Waals surface area contributed by atoms with E-state index in [-0.39, 0.29) is 18.1 Å². The van der Waals surface area contributed by atoms with Crippen LogP contribution in [0.4, 0.5) is 5.13 Å². The average molecular weight is 347 g/mol. The maximum Gasteiger partial charge on any atom is 0.236 e. The smallest absolute Gasteiger partial charge is 0.236 e. The van der Waals surface area contributed by atoms with Gasteiger partial charge in [0.05, 0.1) is 17.0 Å². The summed E-state index contributed by atoms with van der Waals surface area (Å²) >= 11 is 2.75. The highest BCUT2D eigenvalue weighted by molar-refractivity contribution is 7.14. The van der Waals surface area contributed by atoms with E-state index >= 15 is 0 Å². The molecule has 0 saturated heterocycles. The minimum atomic E-state index is -0.247. The summed E-state index contributed by atoms with van der Waals surface area (Å²) in [5, 5.41) is 6.64.